The molecule has 5 nitrogen and oxygen atoms in total. The van der Waals surface area contributed by atoms with E-state index in [1.54, 1.807) is 19.9 Å². The van der Waals surface area contributed by atoms with Gasteiger partial charge in [-0.05, 0) is 79.6 Å². The van der Waals surface area contributed by atoms with Gasteiger partial charge >= 0.3 is 5.97 Å². The normalized spacial score (nSPS) is 43.1. The van der Waals surface area contributed by atoms with Gasteiger partial charge in [-0.3, -0.25) is 4.79 Å². The lowest BCUT2D eigenvalue weighted by molar-refractivity contribution is -0.599. The van der Waals surface area contributed by atoms with Gasteiger partial charge in [-0.25, -0.2) is 4.79 Å². The maximum Gasteiger partial charge on any atom is 0.332 e. The van der Waals surface area contributed by atoms with Crippen molar-refractivity contribution >= 4 is 11.8 Å². The molecular formula is C30H38O5. The number of aliphatic hydroxyl groups excluding tert-OH is 1. The van der Waals surface area contributed by atoms with Crippen molar-refractivity contribution in [3.05, 3.63) is 48.1 Å². The Morgan fingerprint density at radius 3 is 2.46 bits per heavy atom. The summed E-state index contributed by atoms with van der Waals surface area (Å²) in [5.41, 5.74) is 0.804. The van der Waals surface area contributed by atoms with Gasteiger partial charge in [-0.2, -0.15) is 0 Å². The van der Waals surface area contributed by atoms with Crippen molar-refractivity contribution in [1.82, 2.24) is 0 Å². The summed E-state index contributed by atoms with van der Waals surface area (Å²) in [4.78, 5) is 24.0. The third kappa shape index (κ3) is 3.13. The number of esters is 1. The molecule has 0 spiro atoms. The molecule has 0 amide bonds. The Labute approximate surface area is 208 Å². The summed E-state index contributed by atoms with van der Waals surface area (Å²) in [6, 6.07) is 0. The van der Waals surface area contributed by atoms with Gasteiger partial charge in [0.15, 0.2) is 5.78 Å². The van der Waals surface area contributed by atoms with Gasteiger partial charge in [-0.15, -0.1) is 0 Å². The lowest BCUT2D eigenvalue weighted by atomic mass is 8.96. The van der Waals surface area contributed by atoms with Crippen LogP contribution in [0.2, 0.25) is 0 Å². The third-order valence-electron chi connectivity index (χ3n) is 10.2. The lowest BCUT2D eigenvalue weighted by Gasteiger charge is -3.07. The average molecular weight is 479 g/mol. The van der Waals surface area contributed by atoms with Gasteiger partial charge in [0.1, 0.15) is 6.61 Å². The van der Waals surface area contributed by atoms with Crippen LogP contribution in [0.5, 0.6) is 0 Å². The number of carbonyl (C=O) groups excluding carboxylic acids is 2. The monoisotopic (exact) mass is 478 g/mol. The summed E-state index contributed by atoms with van der Waals surface area (Å²) < 4.78 is 10.4. The van der Waals surface area contributed by atoms with Crippen LogP contribution in [-0.2, 0) is 19.1 Å². The van der Waals surface area contributed by atoms with Crippen molar-refractivity contribution in [3.8, 4) is 0 Å². The van der Waals surface area contributed by atoms with Crippen LogP contribution in [0.25, 0.3) is 0 Å². The molecule has 0 saturated heterocycles. The largest absolute Gasteiger partial charge is 0.461 e. The van der Waals surface area contributed by atoms with Crippen LogP contribution in [0.4, 0.5) is 0 Å². The molecule has 1 N–H and O–H groups in total. The van der Waals surface area contributed by atoms with Crippen molar-refractivity contribution in [1.29, 1.82) is 0 Å². The first-order valence-electron chi connectivity index (χ1n) is 13.4. The molecule has 35 heavy (non-hydrogen) atoms. The number of aliphatic hydroxyl groups is 1. The summed E-state index contributed by atoms with van der Waals surface area (Å²) in [5.74, 6) is 6.98. The van der Waals surface area contributed by atoms with E-state index in [1.807, 2.05) is 38.2 Å². The van der Waals surface area contributed by atoms with Gasteiger partial charge in [0.05, 0.1) is 18.8 Å². The Morgan fingerprint density at radius 1 is 1.11 bits per heavy atom. The first kappa shape index (κ1) is 23.4. The maximum absolute atomic E-state index is 12.5. The Bertz CT molecular complexity index is 992. The van der Waals surface area contributed by atoms with E-state index in [4.69, 9.17) is 9.47 Å². The molecule has 0 radical (unpaired) electrons. The number of ketones is 1. The molecule has 7 rings (SSSR count). The molecule has 0 bridgehead atoms. The molecule has 6 saturated carbocycles. The molecule has 2 atom stereocenters. The van der Waals surface area contributed by atoms with Crippen LogP contribution in [0.3, 0.4) is 0 Å². The Balaban J connectivity index is 0.982. The first-order valence-corrected chi connectivity index (χ1v) is 13.4. The zero-order valence-electron chi connectivity index (χ0n) is 21.2. The summed E-state index contributed by atoms with van der Waals surface area (Å²) in [7, 11) is 0. The number of allylic oxidation sites excluding steroid dienone is 5. The Hall–Kier alpha value is -1.98. The smallest absolute Gasteiger partial charge is 0.332 e. The molecule has 0 aliphatic heterocycles. The fraction of sp³-hybridized carbons (Fsp3) is 0.667. The summed E-state index contributed by atoms with van der Waals surface area (Å²) in [5, 5.41) is 11.0. The minimum absolute atomic E-state index is 0.00199. The van der Waals surface area contributed by atoms with Crippen molar-refractivity contribution in [3.63, 3.8) is 0 Å². The molecule has 2 unspecified atom stereocenters. The van der Waals surface area contributed by atoms with Gasteiger partial charge in [0.2, 0.25) is 0 Å². The SMILES string of the molecule is CC(C)OC(=O)COCC=CCC1C=CC(=O)C1=CC(C)(C)C(O)CC=CC12C3C4C5C3C1C5C42. The second kappa shape index (κ2) is 8.01. The highest BCUT2D eigenvalue weighted by molar-refractivity contribution is 6.07. The van der Waals surface area contributed by atoms with Crippen molar-refractivity contribution in [2.45, 2.75) is 52.7 Å². The fourth-order valence-corrected chi connectivity index (χ4v) is 8.84. The Kier molecular flexibility index (Phi) is 5.36. The molecule has 6 fully saturated rings. The highest BCUT2D eigenvalue weighted by Gasteiger charge is 3.03. The lowest BCUT2D eigenvalue weighted by Crippen LogP contribution is -3.04. The predicted octanol–water partition coefficient (Wildman–Crippen LogP) is 4.28. The van der Waals surface area contributed by atoms with Gasteiger partial charge in [-0.1, -0.05) is 50.3 Å². The number of carbonyl (C=O) groups is 2. The summed E-state index contributed by atoms with van der Waals surface area (Å²) >= 11 is 0. The second-order valence-electron chi connectivity index (χ2n) is 12.6. The molecular weight excluding hydrogens is 440 g/mol. The van der Waals surface area contributed by atoms with Gasteiger partial charge in [0.25, 0.3) is 0 Å². The first-order chi connectivity index (χ1) is 16.7. The fourth-order valence-electron chi connectivity index (χ4n) is 8.84. The van der Waals surface area contributed by atoms with Crippen LogP contribution >= 0.6 is 0 Å². The number of hydrogen-bond acceptors (Lipinski definition) is 5. The maximum atomic E-state index is 12.5. The third-order valence-corrected chi connectivity index (χ3v) is 10.2. The van der Waals surface area contributed by atoms with Crippen LogP contribution in [0, 0.1) is 58.2 Å². The highest BCUT2D eigenvalue weighted by Crippen LogP contribution is 3.06. The van der Waals surface area contributed by atoms with Crippen molar-refractivity contribution in [2.75, 3.05) is 13.2 Å². The number of ether oxygens (including phenoxy) is 2. The number of rotatable bonds is 12. The molecule has 7 aliphatic carbocycles. The van der Waals surface area contributed by atoms with E-state index in [0.29, 0.717) is 24.9 Å². The topological polar surface area (TPSA) is 72.8 Å². The van der Waals surface area contributed by atoms with Crippen molar-refractivity contribution < 1.29 is 24.2 Å². The van der Waals surface area contributed by atoms with E-state index in [1.165, 1.54) is 0 Å². The molecule has 5 heteroatoms. The van der Waals surface area contributed by atoms with Crippen molar-refractivity contribution in [2.24, 2.45) is 58.2 Å². The second-order valence-corrected chi connectivity index (χ2v) is 12.6. The molecule has 0 heterocycles. The van der Waals surface area contributed by atoms with Crippen LogP contribution in [0.15, 0.2) is 48.1 Å². The molecule has 7 aliphatic rings. The van der Waals surface area contributed by atoms with Crippen LogP contribution < -0.4 is 0 Å². The quantitative estimate of drug-likeness (QED) is 0.196. The average Bonchev–Trinajstić information content (AvgIpc) is 3.14. The predicted molar refractivity (Wildman–Crippen MR) is 132 cm³/mol. The summed E-state index contributed by atoms with van der Waals surface area (Å²) in [6.45, 7) is 7.90. The van der Waals surface area contributed by atoms with Crippen LogP contribution in [0.1, 0.15) is 40.5 Å². The van der Waals surface area contributed by atoms with Gasteiger partial charge < -0.3 is 14.6 Å². The number of hydrogen-bond donors (Lipinski definition) is 1. The Morgan fingerprint density at radius 2 is 1.80 bits per heavy atom. The van der Waals surface area contributed by atoms with E-state index in [0.717, 1.165) is 47.0 Å². The molecule has 0 aromatic carbocycles. The zero-order chi connectivity index (χ0) is 24.7. The molecule has 0 aromatic rings. The molecule has 188 valence electrons. The summed E-state index contributed by atoms with van der Waals surface area (Å²) in [6.07, 6.45) is 14.7. The minimum atomic E-state index is -0.526. The zero-order valence-corrected chi connectivity index (χ0v) is 21.2. The van der Waals surface area contributed by atoms with E-state index < -0.39 is 11.5 Å². The van der Waals surface area contributed by atoms with E-state index in [2.05, 4.69) is 12.2 Å². The van der Waals surface area contributed by atoms with Crippen LogP contribution in [-0.4, -0.2) is 42.3 Å². The van der Waals surface area contributed by atoms with Gasteiger partial charge in [0, 0.05) is 16.9 Å². The van der Waals surface area contributed by atoms with E-state index in [9.17, 15) is 14.7 Å². The standard InChI is InChI=1S/C30H38O5/c1-16(2)35-21(33)15-34-13-6-5-8-17-10-11-19(31)18(17)14-29(3,4)20(32)9-7-12-30-26-23-22-24(26)28(30)25(22)27(23)30/h5-7,10-12,14,16-17,20,22-28,32H,8-9,13,15H2,1-4H3. The highest BCUT2D eigenvalue weighted by atomic mass is 16.6. The minimum Gasteiger partial charge on any atom is -0.461 e. The van der Waals surface area contributed by atoms with E-state index in [-0.39, 0.29) is 30.4 Å². The van der Waals surface area contributed by atoms with E-state index >= 15 is 0 Å². The molecule has 0 aromatic heterocycles.